The largest absolute Gasteiger partial charge is 0.384 e. The first-order chi connectivity index (χ1) is 20.9. The number of rotatable bonds is 2. The Labute approximate surface area is 255 Å². The summed E-state index contributed by atoms with van der Waals surface area (Å²) in [6.07, 6.45) is -4.44. The molecule has 18 nitrogen and oxygen atoms in total. The summed E-state index contributed by atoms with van der Waals surface area (Å²) in [6, 6.07) is 1.59. The van der Waals surface area contributed by atoms with Crippen LogP contribution in [0.4, 0.5) is 16.2 Å². The molecule has 44 heavy (non-hydrogen) atoms. The summed E-state index contributed by atoms with van der Waals surface area (Å²) in [6.45, 7) is -9.18. The molecule has 0 amide bonds. The van der Waals surface area contributed by atoms with Gasteiger partial charge in [-0.15, -0.1) is 0 Å². The van der Waals surface area contributed by atoms with E-state index in [1.807, 2.05) is 0 Å². The van der Waals surface area contributed by atoms with Crippen molar-refractivity contribution in [1.82, 2.24) is 34.1 Å². The average Bonchev–Trinajstić information content (AvgIpc) is 3.72. The number of H-pyrrole nitrogens is 1. The number of nitrogen functional groups attached to an aromatic ring is 2. The maximum Gasteiger partial charge on any atom is 0.325 e. The van der Waals surface area contributed by atoms with Crippen LogP contribution in [0, 0.1) is 0 Å². The van der Waals surface area contributed by atoms with Gasteiger partial charge in [-0.2, -0.15) is 14.6 Å². The van der Waals surface area contributed by atoms with Crippen molar-refractivity contribution in [2.75, 3.05) is 24.7 Å². The number of imidazole rings is 1. The van der Waals surface area contributed by atoms with Crippen LogP contribution < -0.4 is 17.0 Å². The smallest absolute Gasteiger partial charge is 0.325 e. The van der Waals surface area contributed by atoms with E-state index in [4.69, 9.17) is 62.6 Å². The van der Waals surface area contributed by atoms with Gasteiger partial charge in [-0.3, -0.25) is 18.9 Å². The van der Waals surface area contributed by atoms with Gasteiger partial charge in [0, 0.05) is 18.2 Å². The van der Waals surface area contributed by atoms with Crippen molar-refractivity contribution in [3.63, 3.8) is 0 Å². The molecule has 0 radical (unpaired) electrons. The highest BCUT2D eigenvalue weighted by atomic mass is 32.5. The molecule has 4 aromatic rings. The third-order valence-corrected chi connectivity index (χ3v) is 10.5. The summed E-state index contributed by atoms with van der Waals surface area (Å²) < 4.78 is 53.1. The SMILES string of the molecule is Nc1nc2c(ncn2C2O[C@@H]3COP(O)(=S)O[C@H]4C[C@H](c5cnn6c(N)ccnc56)O[C@@H]4COP(O)(=S)O[C@@H]2[C@@H]3F)c(=O)[nH]1. The molecular weight excluding hydrogens is 667 g/mol. The lowest BCUT2D eigenvalue weighted by atomic mass is 10.1. The van der Waals surface area contributed by atoms with Gasteiger partial charge in [0.15, 0.2) is 29.2 Å². The third-order valence-electron chi connectivity index (χ3n) is 7.32. The first-order valence-electron chi connectivity index (χ1n) is 13.0. The van der Waals surface area contributed by atoms with Crippen molar-refractivity contribution in [3.05, 3.63) is 40.7 Å². The normalized spacial score (nSPS) is 36.6. The Kier molecular flexibility index (Phi) is 7.59. The van der Waals surface area contributed by atoms with Gasteiger partial charge in [0.1, 0.15) is 24.1 Å². The zero-order valence-corrected chi connectivity index (χ0v) is 25.6. The fraction of sp³-hybridized carbons (Fsp3) is 0.476. The summed E-state index contributed by atoms with van der Waals surface area (Å²) in [5.41, 5.74) is 11.9. The molecule has 3 unspecified atom stereocenters. The van der Waals surface area contributed by atoms with Crippen LogP contribution in [0.5, 0.6) is 0 Å². The van der Waals surface area contributed by atoms with E-state index in [9.17, 15) is 14.6 Å². The summed E-state index contributed by atoms with van der Waals surface area (Å²) >= 11 is 10.5. The number of alkyl halides is 1. The molecule has 9 atom stereocenters. The monoisotopic (exact) mass is 691 g/mol. The van der Waals surface area contributed by atoms with Crippen LogP contribution in [-0.2, 0) is 51.2 Å². The van der Waals surface area contributed by atoms with Gasteiger partial charge in [-0.25, -0.2) is 14.4 Å². The molecule has 4 aromatic heterocycles. The Morgan fingerprint density at radius 3 is 2.59 bits per heavy atom. The zero-order valence-electron chi connectivity index (χ0n) is 22.2. The van der Waals surface area contributed by atoms with Gasteiger partial charge in [-0.1, -0.05) is 0 Å². The van der Waals surface area contributed by atoms with Crippen LogP contribution >= 0.6 is 13.4 Å². The second-order valence-electron chi connectivity index (χ2n) is 10.1. The number of hydrogen-bond acceptors (Lipinski definition) is 15. The molecule has 0 saturated carbocycles. The highest BCUT2D eigenvalue weighted by molar-refractivity contribution is 8.07. The average molecular weight is 692 g/mol. The molecule has 7 heterocycles. The summed E-state index contributed by atoms with van der Waals surface area (Å²) in [4.78, 5) is 49.0. The molecule has 7 rings (SSSR count). The van der Waals surface area contributed by atoms with Crippen molar-refractivity contribution >= 4 is 65.6 Å². The number of aromatic nitrogens is 7. The second-order valence-corrected chi connectivity index (χ2v) is 15.7. The minimum Gasteiger partial charge on any atom is -0.384 e. The number of nitrogens with two attached hydrogens (primary N) is 2. The van der Waals surface area contributed by atoms with Gasteiger partial charge < -0.3 is 44.3 Å². The lowest BCUT2D eigenvalue weighted by molar-refractivity contribution is -0.0553. The Bertz CT molecular complexity index is 1910. The number of aromatic amines is 1. The molecule has 0 aliphatic carbocycles. The zero-order chi connectivity index (χ0) is 31.0. The molecular formula is C21H24FN9O9P2S2. The van der Waals surface area contributed by atoms with E-state index in [-0.39, 0.29) is 30.1 Å². The first-order valence-corrected chi connectivity index (χ1v) is 18.1. The van der Waals surface area contributed by atoms with E-state index >= 15 is 4.39 Å². The van der Waals surface area contributed by atoms with E-state index < -0.39 is 68.5 Å². The van der Waals surface area contributed by atoms with E-state index in [0.29, 0.717) is 17.0 Å². The van der Waals surface area contributed by atoms with E-state index in [1.165, 1.54) is 21.6 Å². The topological polar surface area (TPSA) is 242 Å². The summed E-state index contributed by atoms with van der Waals surface area (Å²) in [5, 5.41) is 4.25. The number of nitrogens with zero attached hydrogens (tertiary/aromatic N) is 6. The standard InChI is InChI=1S/C21H24FN9O9P2S2/c22-14-12-6-36-41(33,43)39-10-3-9(8-4-27-31-13(23)1-2-25-17(8)31)37-11(10)5-35-42(34,44)40-16(14)20(38-12)30-7-26-15-18(30)28-21(24)29-19(15)32/h1-2,4,7,9-12,14,16,20H,3,5-6,23H2,(H,33,43)(H,34,44)(H3,24,28,29,32)/t9-,10+,11-,12-,14-,16-,20?,41?,42?/m1/s1. The minimum absolute atomic E-state index is 0.0420. The number of hydrogen-bond donors (Lipinski definition) is 5. The fourth-order valence-corrected chi connectivity index (χ4v) is 8.22. The van der Waals surface area contributed by atoms with Crippen LogP contribution in [-0.4, -0.2) is 87.7 Å². The number of anilines is 2. The Morgan fingerprint density at radius 1 is 1.05 bits per heavy atom. The summed E-state index contributed by atoms with van der Waals surface area (Å²) in [7, 11) is 0. The van der Waals surface area contributed by atoms with Crippen LogP contribution in [0.25, 0.3) is 16.8 Å². The van der Waals surface area contributed by atoms with Crippen LogP contribution in [0.3, 0.4) is 0 Å². The Hall–Kier alpha value is -2.52. The van der Waals surface area contributed by atoms with Gasteiger partial charge in [0.05, 0.1) is 37.9 Å². The maximum absolute atomic E-state index is 15.9. The predicted molar refractivity (Wildman–Crippen MR) is 156 cm³/mol. The third kappa shape index (κ3) is 5.46. The molecule has 236 valence electrons. The quantitative estimate of drug-likeness (QED) is 0.178. The fourth-order valence-electron chi connectivity index (χ4n) is 5.35. The second kappa shape index (κ2) is 11.1. The lowest BCUT2D eigenvalue weighted by Gasteiger charge is -2.27. The Balaban J connectivity index is 1.19. The number of fused-ring (bicyclic) bond motifs is 5. The number of ether oxygens (including phenoxy) is 2. The van der Waals surface area contributed by atoms with Crippen LogP contribution in [0.15, 0.2) is 29.6 Å². The molecule has 0 spiro atoms. The van der Waals surface area contributed by atoms with E-state index in [1.54, 1.807) is 12.3 Å². The molecule has 3 saturated heterocycles. The van der Waals surface area contributed by atoms with E-state index in [0.717, 1.165) is 0 Å². The number of halogens is 1. The van der Waals surface area contributed by atoms with Gasteiger partial charge in [0.25, 0.3) is 5.56 Å². The molecule has 3 aliphatic rings. The van der Waals surface area contributed by atoms with Gasteiger partial charge >= 0.3 is 13.4 Å². The predicted octanol–water partition coefficient (Wildman–Crippen LogP) is 0.343. The minimum atomic E-state index is -4.20. The molecule has 2 bridgehead atoms. The maximum atomic E-state index is 15.9. The number of nitrogens with one attached hydrogen (secondary N) is 1. The molecule has 3 fully saturated rings. The highest BCUT2D eigenvalue weighted by Crippen LogP contribution is 2.54. The van der Waals surface area contributed by atoms with Gasteiger partial charge in [-0.05, 0) is 29.7 Å². The molecule has 0 aromatic carbocycles. The van der Waals surface area contributed by atoms with Crippen molar-refractivity contribution in [1.29, 1.82) is 0 Å². The highest BCUT2D eigenvalue weighted by Gasteiger charge is 2.51. The Morgan fingerprint density at radius 2 is 1.80 bits per heavy atom. The van der Waals surface area contributed by atoms with Crippen molar-refractivity contribution < 1.29 is 41.7 Å². The van der Waals surface area contributed by atoms with Crippen molar-refractivity contribution in [2.24, 2.45) is 0 Å². The molecule has 3 aliphatic heterocycles. The molecule has 23 heteroatoms. The van der Waals surface area contributed by atoms with E-state index in [2.05, 4.69) is 25.0 Å². The van der Waals surface area contributed by atoms with Crippen LogP contribution in [0.1, 0.15) is 24.3 Å². The van der Waals surface area contributed by atoms with Crippen molar-refractivity contribution in [2.45, 2.75) is 49.3 Å². The van der Waals surface area contributed by atoms with Crippen molar-refractivity contribution in [3.8, 4) is 0 Å². The van der Waals surface area contributed by atoms with Crippen LogP contribution in [0.2, 0.25) is 0 Å². The molecule has 7 N–H and O–H groups in total. The summed E-state index contributed by atoms with van der Waals surface area (Å²) in [5.74, 6) is 0.134. The van der Waals surface area contributed by atoms with Gasteiger partial charge in [0.2, 0.25) is 5.95 Å². The first kappa shape index (κ1) is 30.2. The lowest BCUT2D eigenvalue weighted by Crippen LogP contribution is -2.32.